The van der Waals surface area contributed by atoms with E-state index in [0.29, 0.717) is 25.7 Å². The number of carbonyl (C=O) groups is 3. The third-order valence-corrected chi connectivity index (χ3v) is 3.89. The lowest BCUT2D eigenvalue weighted by atomic mass is 9.69. The highest BCUT2D eigenvalue weighted by molar-refractivity contribution is 5.87. The molecule has 0 aliphatic heterocycles. The lowest BCUT2D eigenvalue weighted by Gasteiger charge is -2.36. The van der Waals surface area contributed by atoms with Gasteiger partial charge in [0.2, 0.25) is 6.29 Å². The normalized spacial score (nSPS) is 20.1. The molecule has 3 N–H and O–H groups in total. The number of esters is 2. The molecule has 0 aromatic carbocycles. The van der Waals surface area contributed by atoms with Gasteiger partial charge in [0.1, 0.15) is 6.04 Å². The van der Waals surface area contributed by atoms with Gasteiger partial charge in [-0.3, -0.25) is 14.4 Å². The fraction of sp³-hybridized carbons (Fsp3) is 0.786. The van der Waals surface area contributed by atoms with Crippen molar-refractivity contribution in [3.05, 3.63) is 0 Å². The quantitative estimate of drug-likeness (QED) is 0.559. The van der Waals surface area contributed by atoms with Crippen molar-refractivity contribution in [2.75, 3.05) is 0 Å². The number of carbonyl (C=O) groups excluding carboxylic acids is 2. The molecule has 1 saturated carbocycles. The molecule has 7 nitrogen and oxygen atoms in total. The third-order valence-electron chi connectivity index (χ3n) is 3.89. The van der Waals surface area contributed by atoms with Gasteiger partial charge in [-0.15, -0.1) is 0 Å². The fourth-order valence-electron chi connectivity index (χ4n) is 2.60. The summed E-state index contributed by atoms with van der Waals surface area (Å²) < 4.78 is 9.76. The Balaban J connectivity index is 2.71. The van der Waals surface area contributed by atoms with Crippen LogP contribution in [0.15, 0.2) is 0 Å². The fourth-order valence-corrected chi connectivity index (χ4v) is 2.60. The molecule has 0 aromatic rings. The maximum atomic E-state index is 12.0. The van der Waals surface area contributed by atoms with Crippen molar-refractivity contribution < 1.29 is 29.0 Å². The number of carboxylic acids is 1. The van der Waals surface area contributed by atoms with Crippen molar-refractivity contribution in [2.24, 2.45) is 11.1 Å². The molecule has 1 fully saturated rings. The maximum absolute atomic E-state index is 12.0. The minimum Gasteiger partial charge on any atom is -0.481 e. The molecule has 0 saturated heterocycles. The predicted molar refractivity (Wildman–Crippen MR) is 73.1 cm³/mol. The van der Waals surface area contributed by atoms with Crippen LogP contribution in [0.25, 0.3) is 0 Å². The predicted octanol–water partition coefficient (Wildman–Crippen LogP) is 1.19. The van der Waals surface area contributed by atoms with E-state index < -0.39 is 35.7 Å². The van der Waals surface area contributed by atoms with Gasteiger partial charge in [0.15, 0.2) is 0 Å². The van der Waals surface area contributed by atoms with E-state index in [1.165, 1.54) is 6.92 Å². The van der Waals surface area contributed by atoms with Crippen LogP contribution in [0.1, 0.15) is 52.4 Å². The summed E-state index contributed by atoms with van der Waals surface area (Å²) in [6.07, 6.45) is 2.14. The molecular formula is C14H23NO6. The Hall–Kier alpha value is -1.63. The summed E-state index contributed by atoms with van der Waals surface area (Å²) in [5, 5.41) is 9.45. The van der Waals surface area contributed by atoms with Crippen molar-refractivity contribution >= 4 is 17.9 Å². The Labute approximate surface area is 123 Å². The van der Waals surface area contributed by atoms with Crippen LogP contribution >= 0.6 is 0 Å². The lowest BCUT2D eigenvalue weighted by Crippen LogP contribution is -2.54. The molecule has 0 spiro atoms. The molecule has 2 atom stereocenters. The highest BCUT2D eigenvalue weighted by atomic mass is 16.7. The average Bonchev–Trinajstić information content (AvgIpc) is 2.46. The summed E-state index contributed by atoms with van der Waals surface area (Å²) in [7, 11) is 0. The molecule has 0 amide bonds. The largest absolute Gasteiger partial charge is 0.481 e. The smallest absolute Gasteiger partial charge is 0.327 e. The molecule has 21 heavy (non-hydrogen) atoms. The summed E-state index contributed by atoms with van der Waals surface area (Å²) in [4.78, 5) is 34.7. The SMILES string of the molecule is CCC(=O)OC(C)OC(=O)C(N)C1(C(=O)O)CCCCC1. The molecular weight excluding hydrogens is 278 g/mol. The van der Waals surface area contributed by atoms with Crippen molar-refractivity contribution in [1.82, 2.24) is 0 Å². The van der Waals surface area contributed by atoms with E-state index in [9.17, 15) is 19.5 Å². The Morgan fingerprint density at radius 1 is 1.19 bits per heavy atom. The number of hydrogen-bond acceptors (Lipinski definition) is 6. The molecule has 120 valence electrons. The zero-order valence-corrected chi connectivity index (χ0v) is 12.5. The first-order valence-electron chi connectivity index (χ1n) is 7.22. The van der Waals surface area contributed by atoms with E-state index in [1.807, 2.05) is 0 Å². The Morgan fingerprint density at radius 3 is 2.24 bits per heavy atom. The van der Waals surface area contributed by atoms with Crippen molar-refractivity contribution in [1.29, 1.82) is 0 Å². The molecule has 1 rings (SSSR count). The standard InChI is InChI=1S/C14H23NO6/c1-3-10(16)20-9(2)21-12(17)11(15)14(13(18)19)7-5-4-6-8-14/h9,11H,3-8,15H2,1-2H3,(H,18,19). The number of aliphatic carboxylic acids is 1. The summed E-state index contributed by atoms with van der Waals surface area (Å²) in [5.74, 6) is -2.44. The number of carboxylic acid groups (broad SMARTS) is 1. The van der Waals surface area contributed by atoms with Crippen LogP contribution in [0.4, 0.5) is 0 Å². The number of hydrogen-bond donors (Lipinski definition) is 2. The Kier molecular flexibility index (Phi) is 6.14. The second-order valence-corrected chi connectivity index (χ2v) is 5.35. The second kappa shape index (κ2) is 7.40. The Bertz CT molecular complexity index is 402. The molecule has 2 unspecified atom stereocenters. The van der Waals surface area contributed by atoms with Gasteiger partial charge in [0.25, 0.3) is 0 Å². The van der Waals surface area contributed by atoms with Gasteiger partial charge in [-0.25, -0.2) is 0 Å². The molecule has 0 radical (unpaired) electrons. The Morgan fingerprint density at radius 2 is 1.76 bits per heavy atom. The first-order chi connectivity index (χ1) is 9.83. The average molecular weight is 301 g/mol. The van der Waals surface area contributed by atoms with Crippen molar-refractivity contribution in [3.8, 4) is 0 Å². The van der Waals surface area contributed by atoms with Crippen molar-refractivity contribution in [3.63, 3.8) is 0 Å². The van der Waals surface area contributed by atoms with Crippen LogP contribution in [-0.4, -0.2) is 35.3 Å². The van der Waals surface area contributed by atoms with E-state index in [0.717, 1.165) is 6.42 Å². The van der Waals surface area contributed by atoms with Gasteiger partial charge in [-0.2, -0.15) is 0 Å². The molecule has 0 heterocycles. The minimum atomic E-state index is -1.29. The highest BCUT2D eigenvalue weighted by Gasteiger charge is 2.49. The first kappa shape index (κ1) is 17.4. The van der Waals surface area contributed by atoms with E-state index in [4.69, 9.17) is 15.2 Å². The maximum Gasteiger partial charge on any atom is 0.327 e. The topological polar surface area (TPSA) is 116 Å². The highest BCUT2D eigenvalue weighted by Crippen LogP contribution is 2.39. The number of ether oxygens (including phenoxy) is 2. The van der Waals surface area contributed by atoms with E-state index in [-0.39, 0.29) is 6.42 Å². The van der Waals surface area contributed by atoms with Gasteiger partial charge < -0.3 is 20.3 Å². The summed E-state index contributed by atoms with van der Waals surface area (Å²) >= 11 is 0. The summed E-state index contributed by atoms with van der Waals surface area (Å²) in [5.41, 5.74) is 4.56. The molecule has 0 bridgehead atoms. The van der Waals surface area contributed by atoms with Crippen LogP contribution < -0.4 is 5.73 Å². The van der Waals surface area contributed by atoms with Crippen LogP contribution in [0, 0.1) is 5.41 Å². The molecule has 1 aliphatic carbocycles. The van der Waals surface area contributed by atoms with Gasteiger partial charge in [0, 0.05) is 13.3 Å². The molecule has 7 heteroatoms. The number of nitrogens with two attached hydrogens (primary N) is 1. The van der Waals surface area contributed by atoms with Gasteiger partial charge in [-0.1, -0.05) is 26.2 Å². The van der Waals surface area contributed by atoms with Crippen LogP contribution in [-0.2, 0) is 23.9 Å². The van der Waals surface area contributed by atoms with Crippen molar-refractivity contribution in [2.45, 2.75) is 64.7 Å². The minimum absolute atomic E-state index is 0.160. The van der Waals surface area contributed by atoms with Gasteiger partial charge in [0.05, 0.1) is 5.41 Å². The lowest BCUT2D eigenvalue weighted by molar-refractivity contribution is -0.189. The summed E-state index contributed by atoms with van der Waals surface area (Å²) in [6, 6.07) is -1.27. The zero-order chi connectivity index (χ0) is 16.0. The zero-order valence-electron chi connectivity index (χ0n) is 12.5. The van der Waals surface area contributed by atoms with Gasteiger partial charge in [-0.05, 0) is 12.8 Å². The molecule has 1 aliphatic rings. The van der Waals surface area contributed by atoms with Gasteiger partial charge >= 0.3 is 17.9 Å². The third kappa shape index (κ3) is 4.17. The number of rotatable bonds is 6. The van der Waals surface area contributed by atoms with Crippen LogP contribution in [0.5, 0.6) is 0 Å². The second-order valence-electron chi connectivity index (χ2n) is 5.35. The van der Waals surface area contributed by atoms with E-state index in [1.54, 1.807) is 6.92 Å². The van der Waals surface area contributed by atoms with E-state index in [2.05, 4.69) is 0 Å². The van der Waals surface area contributed by atoms with Crippen LogP contribution in [0.2, 0.25) is 0 Å². The van der Waals surface area contributed by atoms with E-state index >= 15 is 0 Å². The van der Waals surface area contributed by atoms with Crippen LogP contribution in [0.3, 0.4) is 0 Å². The first-order valence-corrected chi connectivity index (χ1v) is 7.22. The monoisotopic (exact) mass is 301 g/mol. The summed E-state index contributed by atoms with van der Waals surface area (Å²) in [6.45, 7) is 3.01. The molecule has 0 aromatic heterocycles.